The molecule has 0 aliphatic carbocycles. The van der Waals surface area contributed by atoms with Crippen molar-refractivity contribution >= 4 is 47.4 Å². The van der Waals surface area contributed by atoms with Crippen LogP contribution in [0.2, 0.25) is 5.02 Å². The van der Waals surface area contributed by atoms with Gasteiger partial charge in [0, 0.05) is 36.6 Å². The van der Waals surface area contributed by atoms with E-state index in [1.807, 2.05) is 52.0 Å². The first-order chi connectivity index (χ1) is 11.3. The highest BCUT2D eigenvalue weighted by Crippen LogP contribution is 2.15. The van der Waals surface area contributed by atoms with E-state index in [4.69, 9.17) is 11.6 Å². The largest absolute Gasteiger partial charge is 0.357 e. The number of hydrogen-bond donors (Lipinski definition) is 3. The molecule has 0 aromatic heterocycles. The molecule has 25 heavy (non-hydrogen) atoms. The van der Waals surface area contributed by atoms with Gasteiger partial charge in [-0.3, -0.25) is 9.79 Å². The molecule has 0 radical (unpaired) electrons. The lowest BCUT2D eigenvalue weighted by Gasteiger charge is -2.18. The van der Waals surface area contributed by atoms with Crippen LogP contribution in [0.3, 0.4) is 0 Å². The van der Waals surface area contributed by atoms with Gasteiger partial charge in [0.2, 0.25) is 5.91 Å². The van der Waals surface area contributed by atoms with Crippen LogP contribution in [0.25, 0.3) is 0 Å². The van der Waals surface area contributed by atoms with Gasteiger partial charge in [-0.15, -0.1) is 24.0 Å². The lowest BCUT2D eigenvalue weighted by molar-refractivity contribution is -0.128. The molecule has 142 valence electrons. The molecule has 1 rings (SSSR count). The molecule has 0 bridgehead atoms. The SMILES string of the molecule is CCNC(=NCCc1ccccc1Cl)NCCNC(=O)C(C)(C)C.I. The third-order valence-corrected chi connectivity index (χ3v) is 3.71. The van der Waals surface area contributed by atoms with Crippen molar-refractivity contribution in [2.24, 2.45) is 10.4 Å². The minimum absolute atomic E-state index is 0. The summed E-state index contributed by atoms with van der Waals surface area (Å²) in [7, 11) is 0. The molecule has 0 unspecified atom stereocenters. The Morgan fingerprint density at radius 1 is 1.12 bits per heavy atom. The average molecular weight is 481 g/mol. The van der Waals surface area contributed by atoms with Crippen molar-refractivity contribution in [1.82, 2.24) is 16.0 Å². The molecule has 1 aromatic rings. The summed E-state index contributed by atoms with van der Waals surface area (Å²) >= 11 is 6.15. The van der Waals surface area contributed by atoms with E-state index < -0.39 is 0 Å². The molecule has 3 N–H and O–H groups in total. The first-order valence-electron chi connectivity index (χ1n) is 8.38. The summed E-state index contributed by atoms with van der Waals surface area (Å²) in [5, 5.41) is 10.1. The van der Waals surface area contributed by atoms with Crippen LogP contribution in [-0.4, -0.2) is 38.0 Å². The van der Waals surface area contributed by atoms with Gasteiger partial charge in [0.05, 0.1) is 0 Å². The zero-order chi connectivity index (χ0) is 18.0. The predicted octanol–water partition coefficient (Wildman–Crippen LogP) is 3.22. The van der Waals surface area contributed by atoms with Gasteiger partial charge in [-0.1, -0.05) is 50.6 Å². The summed E-state index contributed by atoms with van der Waals surface area (Å²) in [5.74, 6) is 0.791. The van der Waals surface area contributed by atoms with Crippen LogP contribution in [0.15, 0.2) is 29.3 Å². The van der Waals surface area contributed by atoms with Crippen LogP contribution in [0, 0.1) is 5.41 Å². The molecule has 0 fully saturated rings. The molecule has 7 heteroatoms. The Balaban J connectivity index is 0.00000576. The quantitative estimate of drug-likeness (QED) is 0.243. The standard InChI is InChI=1S/C18H29ClN4O.HI/c1-5-20-17(23-13-12-21-16(24)18(2,3)4)22-11-10-14-8-6-7-9-15(14)19;/h6-9H,5,10-13H2,1-4H3,(H,21,24)(H2,20,22,23);1H. The molecular formula is C18H30ClIN4O. The van der Waals surface area contributed by atoms with Crippen LogP contribution in [0.5, 0.6) is 0 Å². The molecule has 0 saturated heterocycles. The number of amides is 1. The van der Waals surface area contributed by atoms with Crippen molar-refractivity contribution in [3.05, 3.63) is 34.9 Å². The van der Waals surface area contributed by atoms with Gasteiger partial charge in [0.25, 0.3) is 0 Å². The number of carbonyl (C=O) groups is 1. The lowest BCUT2D eigenvalue weighted by Crippen LogP contribution is -2.43. The smallest absolute Gasteiger partial charge is 0.225 e. The van der Waals surface area contributed by atoms with E-state index in [-0.39, 0.29) is 35.3 Å². The lowest BCUT2D eigenvalue weighted by atomic mass is 9.96. The maximum absolute atomic E-state index is 11.8. The highest BCUT2D eigenvalue weighted by atomic mass is 127. The Morgan fingerprint density at radius 2 is 1.76 bits per heavy atom. The summed E-state index contributed by atoms with van der Waals surface area (Å²) in [6.07, 6.45) is 0.789. The second kappa shape index (κ2) is 12.4. The highest BCUT2D eigenvalue weighted by molar-refractivity contribution is 14.0. The third kappa shape index (κ3) is 9.89. The monoisotopic (exact) mass is 480 g/mol. The number of rotatable bonds is 7. The molecule has 1 aromatic carbocycles. The Kier molecular flexibility index (Phi) is 11.8. The fraction of sp³-hybridized carbons (Fsp3) is 0.556. The van der Waals surface area contributed by atoms with Crippen molar-refractivity contribution in [2.45, 2.75) is 34.1 Å². The topological polar surface area (TPSA) is 65.5 Å². The second-order valence-electron chi connectivity index (χ2n) is 6.53. The van der Waals surface area contributed by atoms with Gasteiger partial charge < -0.3 is 16.0 Å². The van der Waals surface area contributed by atoms with E-state index >= 15 is 0 Å². The summed E-state index contributed by atoms with van der Waals surface area (Å²) in [4.78, 5) is 16.3. The number of benzene rings is 1. The van der Waals surface area contributed by atoms with Crippen molar-refractivity contribution in [3.8, 4) is 0 Å². The Bertz CT molecular complexity index is 558. The number of aliphatic imine (C=N–C) groups is 1. The minimum Gasteiger partial charge on any atom is -0.357 e. The Morgan fingerprint density at radius 3 is 2.36 bits per heavy atom. The summed E-state index contributed by atoms with van der Waals surface area (Å²) in [6, 6.07) is 7.81. The van der Waals surface area contributed by atoms with E-state index in [2.05, 4.69) is 20.9 Å². The first kappa shape index (κ1) is 24.0. The zero-order valence-electron chi connectivity index (χ0n) is 15.5. The molecule has 0 aliphatic heterocycles. The number of guanidine groups is 1. The molecule has 0 spiro atoms. The molecule has 0 aliphatic rings. The number of carbonyl (C=O) groups excluding carboxylic acids is 1. The van der Waals surface area contributed by atoms with Gasteiger partial charge in [-0.25, -0.2) is 0 Å². The summed E-state index contributed by atoms with van der Waals surface area (Å²) in [6.45, 7) is 10.3. The zero-order valence-corrected chi connectivity index (χ0v) is 18.6. The molecule has 0 heterocycles. The van der Waals surface area contributed by atoms with Crippen molar-refractivity contribution < 1.29 is 4.79 Å². The first-order valence-corrected chi connectivity index (χ1v) is 8.76. The summed E-state index contributed by atoms with van der Waals surface area (Å²) < 4.78 is 0. The molecular weight excluding hydrogens is 451 g/mol. The Labute approximate surface area is 173 Å². The van der Waals surface area contributed by atoms with Crippen LogP contribution >= 0.6 is 35.6 Å². The van der Waals surface area contributed by atoms with Gasteiger partial charge >= 0.3 is 0 Å². The fourth-order valence-corrected chi connectivity index (χ4v) is 2.18. The maximum Gasteiger partial charge on any atom is 0.225 e. The number of halogens is 2. The van der Waals surface area contributed by atoms with Crippen LogP contribution in [-0.2, 0) is 11.2 Å². The van der Waals surface area contributed by atoms with Gasteiger partial charge in [-0.2, -0.15) is 0 Å². The minimum atomic E-state index is -0.368. The second-order valence-corrected chi connectivity index (χ2v) is 6.94. The van der Waals surface area contributed by atoms with E-state index in [0.29, 0.717) is 19.6 Å². The van der Waals surface area contributed by atoms with Crippen molar-refractivity contribution in [1.29, 1.82) is 0 Å². The van der Waals surface area contributed by atoms with E-state index in [1.165, 1.54) is 0 Å². The fourth-order valence-electron chi connectivity index (χ4n) is 1.95. The van der Waals surface area contributed by atoms with E-state index in [1.54, 1.807) is 0 Å². The Hall–Kier alpha value is -1.02. The number of hydrogen-bond acceptors (Lipinski definition) is 2. The van der Waals surface area contributed by atoms with Crippen LogP contribution in [0.4, 0.5) is 0 Å². The van der Waals surface area contributed by atoms with Crippen LogP contribution in [0.1, 0.15) is 33.3 Å². The molecule has 5 nitrogen and oxygen atoms in total. The highest BCUT2D eigenvalue weighted by Gasteiger charge is 2.20. The summed E-state index contributed by atoms with van der Waals surface area (Å²) in [5.41, 5.74) is 0.726. The normalized spacial score (nSPS) is 11.5. The van der Waals surface area contributed by atoms with E-state index in [0.717, 1.165) is 29.5 Å². The van der Waals surface area contributed by atoms with Gasteiger partial charge in [-0.05, 0) is 25.0 Å². The average Bonchev–Trinajstić information content (AvgIpc) is 2.52. The van der Waals surface area contributed by atoms with Crippen molar-refractivity contribution in [2.75, 3.05) is 26.2 Å². The van der Waals surface area contributed by atoms with Crippen LogP contribution < -0.4 is 16.0 Å². The molecule has 1 amide bonds. The molecule has 0 atom stereocenters. The predicted molar refractivity (Wildman–Crippen MR) is 117 cm³/mol. The molecule has 0 saturated carbocycles. The van der Waals surface area contributed by atoms with Gasteiger partial charge in [0.15, 0.2) is 5.96 Å². The van der Waals surface area contributed by atoms with Gasteiger partial charge in [0.1, 0.15) is 0 Å². The third-order valence-electron chi connectivity index (χ3n) is 3.34. The van der Waals surface area contributed by atoms with E-state index in [9.17, 15) is 4.79 Å². The number of nitrogens with one attached hydrogen (secondary N) is 3. The number of nitrogens with zero attached hydrogens (tertiary/aromatic N) is 1. The maximum atomic E-state index is 11.8. The van der Waals surface area contributed by atoms with Crippen molar-refractivity contribution in [3.63, 3.8) is 0 Å².